The molecule has 2 aromatic rings. The molecule has 0 saturated carbocycles. The van der Waals surface area contributed by atoms with Crippen LogP contribution in [0.2, 0.25) is 5.02 Å². The van der Waals surface area contributed by atoms with Crippen LogP contribution in [0.3, 0.4) is 0 Å². The molecule has 0 aliphatic rings. The molecular weight excluding hydrogens is 230 g/mol. The SMILES string of the molecule is Cc1oc2ccc(Cl)cc2c1C(N)C(=O)O. The standard InChI is InChI=1S/C11H10ClNO3/c1-5-9(10(13)11(14)15)7-4-6(12)2-3-8(7)16-5/h2-4,10H,13H2,1H3,(H,14,15). The van der Waals surface area contributed by atoms with E-state index in [9.17, 15) is 4.79 Å². The van der Waals surface area contributed by atoms with Crippen molar-refractivity contribution in [1.82, 2.24) is 0 Å². The van der Waals surface area contributed by atoms with Crippen molar-refractivity contribution in [2.45, 2.75) is 13.0 Å². The summed E-state index contributed by atoms with van der Waals surface area (Å²) in [4.78, 5) is 10.9. The summed E-state index contributed by atoms with van der Waals surface area (Å²) in [6, 6.07) is 3.94. The number of carboxylic acids is 1. The van der Waals surface area contributed by atoms with Gasteiger partial charge in [0.2, 0.25) is 0 Å². The number of rotatable bonds is 2. The van der Waals surface area contributed by atoms with Crippen molar-refractivity contribution in [1.29, 1.82) is 0 Å². The Morgan fingerprint density at radius 1 is 1.56 bits per heavy atom. The van der Waals surface area contributed by atoms with Gasteiger partial charge in [-0.2, -0.15) is 0 Å². The molecule has 1 aromatic heterocycles. The number of fused-ring (bicyclic) bond motifs is 1. The van der Waals surface area contributed by atoms with Gasteiger partial charge in [-0.25, -0.2) is 0 Å². The fraction of sp³-hybridized carbons (Fsp3) is 0.182. The maximum absolute atomic E-state index is 10.9. The number of carbonyl (C=O) groups is 1. The Bertz CT molecular complexity index is 562. The van der Waals surface area contributed by atoms with E-state index in [0.29, 0.717) is 27.3 Å². The molecule has 84 valence electrons. The zero-order chi connectivity index (χ0) is 11.9. The molecule has 0 aliphatic heterocycles. The largest absolute Gasteiger partial charge is 0.480 e. The van der Waals surface area contributed by atoms with E-state index < -0.39 is 12.0 Å². The highest BCUT2D eigenvalue weighted by atomic mass is 35.5. The molecular formula is C11H10ClNO3. The number of furan rings is 1. The predicted molar refractivity (Wildman–Crippen MR) is 60.5 cm³/mol. The summed E-state index contributed by atoms with van der Waals surface area (Å²) in [6.45, 7) is 1.69. The van der Waals surface area contributed by atoms with Gasteiger partial charge in [0.1, 0.15) is 17.4 Å². The van der Waals surface area contributed by atoms with Gasteiger partial charge in [0.15, 0.2) is 0 Å². The van der Waals surface area contributed by atoms with Crippen molar-refractivity contribution in [3.8, 4) is 0 Å². The molecule has 4 nitrogen and oxygen atoms in total. The second kappa shape index (κ2) is 3.81. The van der Waals surface area contributed by atoms with Crippen molar-refractivity contribution in [3.63, 3.8) is 0 Å². The first kappa shape index (κ1) is 11.0. The Kier molecular flexibility index (Phi) is 2.61. The number of aliphatic carboxylic acids is 1. The first-order valence-electron chi connectivity index (χ1n) is 4.67. The zero-order valence-corrected chi connectivity index (χ0v) is 9.28. The molecule has 0 spiro atoms. The van der Waals surface area contributed by atoms with Crippen molar-refractivity contribution < 1.29 is 14.3 Å². The van der Waals surface area contributed by atoms with Crippen molar-refractivity contribution in [3.05, 3.63) is 34.5 Å². The Labute approximate surface area is 96.6 Å². The molecule has 1 heterocycles. The van der Waals surface area contributed by atoms with Gasteiger partial charge in [0.05, 0.1) is 0 Å². The fourth-order valence-corrected chi connectivity index (χ4v) is 1.89. The second-order valence-corrected chi connectivity index (χ2v) is 3.96. The summed E-state index contributed by atoms with van der Waals surface area (Å²) in [5, 5.41) is 10.1. The minimum atomic E-state index is -1.10. The summed E-state index contributed by atoms with van der Waals surface area (Å²) in [7, 11) is 0. The van der Waals surface area contributed by atoms with E-state index in [4.69, 9.17) is 26.9 Å². The lowest BCUT2D eigenvalue weighted by Crippen LogP contribution is -2.21. The minimum Gasteiger partial charge on any atom is -0.480 e. The van der Waals surface area contributed by atoms with Crippen molar-refractivity contribution in [2.75, 3.05) is 0 Å². The molecule has 0 fully saturated rings. The van der Waals surface area contributed by atoms with Gasteiger partial charge in [-0.3, -0.25) is 4.79 Å². The van der Waals surface area contributed by atoms with Gasteiger partial charge in [-0.15, -0.1) is 0 Å². The first-order valence-corrected chi connectivity index (χ1v) is 5.05. The van der Waals surface area contributed by atoms with Gasteiger partial charge in [-0.05, 0) is 25.1 Å². The third kappa shape index (κ3) is 1.66. The Morgan fingerprint density at radius 3 is 2.88 bits per heavy atom. The Morgan fingerprint density at radius 2 is 2.25 bits per heavy atom. The van der Waals surface area contributed by atoms with Gasteiger partial charge in [0, 0.05) is 16.0 Å². The molecule has 0 amide bonds. The maximum Gasteiger partial charge on any atom is 0.325 e. The molecule has 0 saturated heterocycles. The van der Waals surface area contributed by atoms with E-state index in [1.165, 1.54) is 0 Å². The summed E-state index contributed by atoms with van der Waals surface area (Å²) in [5.74, 6) is -0.585. The molecule has 0 radical (unpaired) electrons. The van der Waals surface area contributed by atoms with Crippen LogP contribution in [0, 0.1) is 6.92 Å². The highest BCUT2D eigenvalue weighted by Crippen LogP contribution is 2.31. The average Bonchev–Trinajstić information content (AvgIpc) is 2.52. The molecule has 2 rings (SSSR count). The lowest BCUT2D eigenvalue weighted by atomic mass is 10.0. The Balaban J connectivity index is 2.72. The average molecular weight is 240 g/mol. The lowest BCUT2D eigenvalue weighted by Gasteiger charge is -2.05. The molecule has 1 atom stereocenters. The third-order valence-corrected chi connectivity index (χ3v) is 2.69. The van der Waals surface area contributed by atoms with E-state index in [0.717, 1.165) is 0 Å². The molecule has 0 bridgehead atoms. The van der Waals surface area contributed by atoms with Crippen LogP contribution in [-0.2, 0) is 4.79 Å². The molecule has 1 aromatic carbocycles. The first-order chi connectivity index (χ1) is 7.50. The summed E-state index contributed by atoms with van der Waals surface area (Å²) < 4.78 is 5.42. The van der Waals surface area contributed by atoms with Crippen LogP contribution in [0.25, 0.3) is 11.0 Å². The van der Waals surface area contributed by atoms with E-state index in [1.807, 2.05) is 0 Å². The van der Waals surface area contributed by atoms with Crippen LogP contribution < -0.4 is 5.73 Å². The van der Waals surface area contributed by atoms with Crippen LogP contribution in [-0.4, -0.2) is 11.1 Å². The number of hydrogen-bond donors (Lipinski definition) is 2. The second-order valence-electron chi connectivity index (χ2n) is 3.53. The monoisotopic (exact) mass is 239 g/mol. The van der Waals surface area contributed by atoms with Gasteiger partial charge >= 0.3 is 5.97 Å². The smallest absolute Gasteiger partial charge is 0.325 e. The molecule has 0 aliphatic carbocycles. The topological polar surface area (TPSA) is 76.5 Å². The number of aryl methyl sites for hydroxylation is 1. The highest BCUT2D eigenvalue weighted by Gasteiger charge is 2.22. The van der Waals surface area contributed by atoms with Crippen LogP contribution in [0.4, 0.5) is 0 Å². The quantitative estimate of drug-likeness (QED) is 0.844. The highest BCUT2D eigenvalue weighted by molar-refractivity contribution is 6.31. The minimum absolute atomic E-state index is 0.477. The number of halogens is 1. The normalized spacial score (nSPS) is 12.9. The molecule has 5 heteroatoms. The number of hydrogen-bond acceptors (Lipinski definition) is 3. The predicted octanol–water partition coefficient (Wildman–Crippen LogP) is 2.48. The molecule has 3 N–H and O–H groups in total. The lowest BCUT2D eigenvalue weighted by molar-refractivity contribution is -0.138. The van der Waals surface area contributed by atoms with Crippen LogP contribution >= 0.6 is 11.6 Å². The van der Waals surface area contributed by atoms with Crippen LogP contribution in [0.15, 0.2) is 22.6 Å². The summed E-state index contributed by atoms with van der Waals surface area (Å²) >= 11 is 5.85. The van der Waals surface area contributed by atoms with E-state index in [-0.39, 0.29) is 0 Å². The van der Waals surface area contributed by atoms with Gasteiger partial charge in [-0.1, -0.05) is 11.6 Å². The summed E-state index contributed by atoms with van der Waals surface area (Å²) in [5.41, 5.74) is 6.66. The van der Waals surface area contributed by atoms with Crippen LogP contribution in [0.5, 0.6) is 0 Å². The summed E-state index contributed by atoms with van der Waals surface area (Å²) in [6.07, 6.45) is 0. The molecule has 1 unspecified atom stereocenters. The van der Waals surface area contributed by atoms with Gasteiger partial charge < -0.3 is 15.3 Å². The third-order valence-electron chi connectivity index (χ3n) is 2.45. The maximum atomic E-state index is 10.9. The Hall–Kier alpha value is -1.52. The fourth-order valence-electron chi connectivity index (χ4n) is 1.72. The van der Waals surface area contributed by atoms with Crippen molar-refractivity contribution in [2.24, 2.45) is 5.73 Å². The van der Waals surface area contributed by atoms with E-state index >= 15 is 0 Å². The number of nitrogens with two attached hydrogens (primary N) is 1. The van der Waals surface area contributed by atoms with E-state index in [2.05, 4.69) is 0 Å². The number of benzene rings is 1. The zero-order valence-electron chi connectivity index (χ0n) is 8.53. The van der Waals surface area contributed by atoms with Crippen molar-refractivity contribution >= 4 is 28.5 Å². The van der Waals surface area contributed by atoms with E-state index in [1.54, 1.807) is 25.1 Å². The molecule has 16 heavy (non-hydrogen) atoms. The van der Waals surface area contributed by atoms with Gasteiger partial charge in [0.25, 0.3) is 0 Å². The number of carboxylic acid groups (broad SMARTS) is 1. The van der Waals surface area contributed by atoms with Crippen LogP contribution in [0.1, 0.15) is 17.4 Å².